The largest absolute Gasteiger partial charge is 0.496 e. The van der Waals surface area contributed by atoms with Crippen LogP contribution < -0.4 is 10.1 Å². The first-order valence-corrected chi connectivity index (χ1v) is 10.6. The quantitative estimate of drug-likeness (QED) is 0.420. The van der Waals surface area contributed by atoms with Crippen LogP contribution in [0.25, 0.3) is 11.4 Å². The van der Waals surface area contributed by atoms with Gasteiger partial charge in [0, 0.05) is 11.4 Å². The van der Waals surface area contributed by atoms with Gasteiger partial charge in [0.2, 0.25) is 5.91 Å². The molecule has 0 spiro atoms. The predicted molar refractivity (Wildman–Crippen MR) is 114 cm³/mol. The average molecular weight is 415 g/mol. The van der Waals surface area contributed by atoms with E-state index in [0.29, 0.717) is 17.5 Å². The molecule has 0 unspecified atom stereocenters. The topological polar surface area (TPSA) is 69.0 Å². The van der Waals surface area contributed by atoms with Gasteiger partial charge < -0.3 is 10.1 Å². The van der Waals surface area contributed by atoms with E-state index < -0.39 is 0 Å². The van der Waals surface area contributed by atoms with Crippen LogP contribution >= 0.6 is 23.1 Å². The summed E-state index contributed by atoms with van der Waals surface area (Å²) in [5, 5.41) is 14.3. The normalized spacial score (nSPS) is 11.8. The van der Waals surface area contributed by atoms with E-state index in [9.17, 15) is 4.79 Å². The third-order valence-electron chi connectivity index (χ3n) is 4.06. The fraction of sp³-hybridized carbons (Fsp3) is 0.250. The first-order chi connectivity index (χ1) is 13.6. The van der Waals surface area contributed by atoms with Crippen molar-refractivity contribution >= 4 is 29.0 Å². The highest BCUT2D eigenvalue weighted by atomic mass is 32.2. The van der Waals surface area contributed by atoms with Gasteiger partial charge in [0.15, 0.2) is 11.0 Å². The van der Waals surface area contributed by atoms with Crippen molar-refractivity contribution in [3.05, 3.63) is 59.3 Å². The van der Waals surface area contributed by atoms with Crippen molar-refractivity contribution in [3.63, 3.8) is 0 Å². The Hall–Kier alpha value is -2.58. The molecule has 2 heterocycles. The number of allylic oxidation sites excluding steroid dienone is 1. The minimum Gasteiger partial charge on any atom is -0.496 e. The molecule has 0 bridgehead atoms. The number of rotatable bonds is 9. The Morgan fingerprint density at radius 2 is 2.18 bits per heavy atom. The van der Waals surface area contributed by atoms with Gasteiger partial charge in [-0.25, -0.2) is 0 Å². The van der Waals surface area contributed by atoms with Crippen LogP contribution in [0.2, 0.25) is 0 Å². The number of nitrogens with zero attached hydrogens (tertiary/aromatic N) is 3. The van der Waals surface area contributed by atoms with Crippen LogP contribution in [0.5, 0.6) is 5.75 Å². The van der Waals surface area contributed by atoms with Gasteiger partial charge in [0.25, 0.3) is 0 Å². The minimum atomic E-state index is -0.0436. The number of para-hydroxylation sites is 1. The Balaban J connectivity index is 1.73. The van der Waals surface area contributed by atoms with Crippen LogP contribution in [-0.2, 0) is 11.3 Å². The molecule has 0 aliphatic carbocycles. The van der Waals surface area contributed by atoms with Gasteiger partial charge in [0.05, 0.1) is 24.5 Å². The molecule has 146 valence electrons. The minimum absolute atomic E-state index is 0.0108. The van der Waals surface area contributed by atoms with Gasteiger partial charge >= 0.3 is 0 Å². The van der Waals surface area contributed by atoms with Crippen LogP contribution in [0, 0.1) is 0 Å². The van der Waals surface area contributed by atoms with Crippen molar-refractivity contribution in [3.8, 4) is 17.1 Å². The van der Waals surface area contributed by atoms with Crippen molar-refractivity contribution in [2.75, 3.05) is 12.9 Å². The number of thioether (sulfide) groups is 1. The number of aromatic nitrogens is 3. The summed E-state index contributed by atoms with van der Waals surface area (Å²) in [4.78, 5) is 13.5. The van der Waals surface area contributed by atoms with Gasteiger partial charge in [-0.1, -0.05) is 36.0 Å². The van der Waals surface area contributed by atoms with E-state index in [1.165, 1.54) is 11.8 Å². The number of benzene rings is 1. The summed E-state index contributed by atoms with van der Waals surface area (Å²) >= 11 is 2.99. The summed E-state index contributed by atoms with van der Waals surface area (Å²) in [6, 6.07) is 11.6. The number of thiophene rings is 1. The van der Waals surface area contributed by atoms with E-state index in [1.54, 1.807) is 24.5 Å². The predicted octanol–water partition coefficient (Wildman–Crippen LogP) is 4.17. The van der Waals surface area contributed by atoms with Crippen LogP contribution in [-0.4, -0.2) is 33.5 Å². The monoisotopic (exact) mass is 414 g/mol. The summed E-state index contributed by atoms with van der Waals surface area (Å²) in [5.41, 5.74) is 0.849. The molecule has 6 nitrogen and oxygen atoms in total. The number of nitrogens with one attached hydrogen (secondary N) is 1. The number of amides is 1. The standard InChI is InChI=1S/C20H22N4O2S2/c1-4-11-24-19(15-8-5-6-9-16(15)26-3)22-23-20(24)28-13-18(25)21-14(2)17-10-7-12-27-17/h4-10,12,14H,1,11,13H2,2-3H3,(H,21,25)/t14-/m0/s1. The smallest absolute Gasteiger partial charge is 0.230 e. The molecule has 0 saturated carbocycles. The molecule has 0 radical (unpaired) electrons. The molecule has 0 aliphatic heterocycles. The van der Waals surface area contributed by atoms with E-state index in [-0.39, 0.29) is 17.7 Å². The Labute approximate surface area is 172 Å². The molecule has 28 heavy (non-hydrogen) atoms. The third kappa shape index (κ3) is 4.63. The van der Waals surface area contributed by atoms with Crippen LogP contribution in [0.3, 0.4) is 0 Å². The number of ether oxygens (including phenoxy) is 1. The van der Waals surface area contributed by atoms with Gasteiger partial charge in [-0.2, -0.15) is 0 Å². The second kappa shape index (κ2) is 9.57. The first-order valence-electron chi connectivity index (χ1n) is 8.77. The van der Waals surface area contributed by atoms with Crippen molar-refractivity contribution in [2.45, 2.75) is 24.7 Å². The van der Waals surface area contributed by atoms with Gasteiger partial charge in [-0.15, -0.1) is 28.1 Å². The highest BCUT2D eigenvalue weighted by Crippen LogP contribution is 2.31. The number of hydrogen-bond acceptors (Lipinski definition) is 6. The molecule has 8 heteroatoms. The maximum Gasteiger partial charge on any atom is 0.230 e. The Kier molecular flexibility index (Phi) is 6.89. The van der Waals surface area contributed by atoms with E-state index in [1.807, 2.05) is 53.3 Å². The molecule has 1 amide bonds. The summed E-state index contributed by atoms with van der Waals surface area (Å²) in [6.07, 6.45) is 1.78. The summed E-state index contributed by atoms with van der Waals surface area (Å²) in [6.45, 7) is 6.34. The van der Waals surface area contributed by atoms with Crippen molar-refractivity contribution in [2.24, 2.45) is 0 Å². The molecule has 0 aliphatic rings. The number of carbonyl (C=O) groups excluding carboxylic acids is 1. The van der Waals surface area contributed by atoms with Gasteiger partial charge in [-0.05, 0) is 30.5 Å². The number of carbonyl (C=O) groups is 1. The zero-order valence-electron chi connectivity index (χ0n) is 15.8. The second-order valence-corrected chi connectivity index (χ2v) is 7.92. The summed E-state index contributed by atoms with van der Waals surface area (Å²) < 4.78 is 7.38. The number of hydrogen-bond donors (Lipinski definition) is 1. The molecule has 3 rings (SSSR count). The van der Waals surface area contributed by atoms with Crippen LogP contribution in [0.4, 0.5) is 0 Å². The molecule has 3 aromatic rings. The van der Waals surface area contributed by atoms with E-state index in [4.69, 9.17) is 4.74 Å². The van der Waals surface area contributed by atoms with E-state index in [2.05, 4.69) is 22.1 Å². The van der Waals surface area contributed by atoms with Crippen molar-refractivity contribution < 1.29 is 9.53 Å². The Bertz CT molecular complexity index is 938. The van der Waals surface area contributed by atoms with Crippen LogP contribution in [0.15, 0.2) is 59.6 Å². The SMILES string of the molecule is C=CCn1c(SCC(=O)N[C@@H](C)c2cccs2)nnc1-c1ccccc1OC. The molecule has 0 fully saturated rings. The van der Waals surface area contributed by atoms with E-state index in [0.717, 1.165) is 16.2 Å². The van der Waals surface area contributed by atoms with E-state index >= 15 is 0 Å². The lowest BCUT2D eigenvalue weighted by Gasteiger charge is -2.12. The highest BCUT2D eigenvalue weighted by Gasteiger charge is 2.18. The molecule has 1 N–H and O–H groups in total. The summed E-state index contributed by atoms with van der Waals surface area (Å²) in [5.74, 6) is 1.63. The maximum atomic E-state index is 12.3. The molecule has 1 atom stereocenters. The lowest BCUT2D eigenvalue weighted by molar-refractivity contribution is -0.119. The third-order valence-corrected chi connectivity index (χ3v) is 6.08. The second-order valence-electron chi connectivity index (χ2n) is 6.00. The average Bonchev–Trinajstić information content (AvgIpc) is 3.37. The lowest BCUT2D eigenvalue weighted by Crippen LogP contribution is -2.27. The summed E-state index contributed by atoms with van der Waals surface area (Å²) in [7, 11) is 1.63. The fourth-order valence-electron chi connectivity index (χ4n) is 2.74. The van der Waals surface area contributed by atoms with Gasteiger partial charge in [0.1, 0.15) is 5.75 Å². The molecule has 0 saturated heterocycles. The molecule has 2 aromatic heterocycles. The van der Waals surface area contributed by atoms with Gasteiger partial charge in [-0.3, -0.25) is 9.36 Å². The zero-order chi connectivity index (χ0) is 19.9. The molecule has 1 aromatic carbocycles. The lowest BCUT2D eigenvalue weighted by atomic mass is 10.2. The molecular formula is C20H22N4O2S2. The molecular weight excluding hydrogens is 392 g/mol. The Morgan fingerprint density at radius 1 is 1.36 bits per heavy atom. The number of methoxy groups -OCH3 is 1. The first kappa shape index (κ1) is 20.2. The maximum absolute atomic E-state index is 12.3. The van der Waals surface area contributed by atoms with Crippen molar-refractivity contribution in [1.29, 1.82) is 0 Å². The Morgan fingerprint density at radius 3 is 2.89 bits per heavy atom. The van der Waals surface area contributed by atoms with Crippen molar-refractivity contribution in [1.82, 2.24) is 20.1 Å². The highest BCUT2D eigenvalue weighted by molar-refractivity contribution is 7.99. The zero-order valence-corrected chi connectivity index (χ0v) is 17.4. The fourth-order valence-corrected chi connectivity index (χ4v) is 4.23. The van der Waals surface area contributed by atoms with Crippen LogP contribution in [0.1, 0.15) is 17.8 Å².